The first-order valence-electron chi connectivity index (χ1n) is 7.20. The summed E-state index contributed by atoms with van der Waals surface area (Å²) in [5.74, 6) is 0. The summed E-state index contributed by atoms with van der Waals surface area (Å²) < 4.78 is 24.3. The third-order valence-electron chi connectivity index (χ3n) is 3.23. The minimum atomic E-state index is -3.09. The molecular formula is C15H22N4O2S. The predicted molar refractivity (Wildman–Crippen MR) is 87.9 cm³/mol. The van der Waals surface area contributed by atoms with Gasteiger partial charge in [-0.1, -0.05) is 23.8 Å². The Balaban J connectivity index is 1.84. The second-order valence-electron chi connectivity index (χ2n) is 5.34. The highest BCUT2D eigenvalue weighted by Crippen LogP contribution is 2.21. The summed E-state index contributed by atoms with van der Waals surface area (Å²) in [4.78, 5) is 0. The maximum atomic E-state index is 10.9. The summed E-state index contributed by atoms with van der Waals surface area (Å²) >= 11 is 0. The van der Waals surface area contributed by atoms with Gasteiger partial charge in [-0.15, -0.1) is 0 Å². The van der Waals surface area contributed by atoms with E-state index in [4.69, 9.17) is 0 Å². The highest BCUT2D eigenvalue weighted by molar-refractivity contribution is 7.88. The molecule has 0 spiro atoms. The van der Waals surface area contributed by atoms with Crippen molar-refractivity contribution in [1.82, 2.24) is 20.2 Å². The molecule has 0 saturated heterocycles. The van der Waals surface area contributed by atoms with Crippen LogP contribution in [0.3, 0.4) is 0 Å². The molecule has 0 atom stereocenters. The second-order valence-corrected chi connectivity index (χ2v) is 7.17. The summed E-state index contributed by atoms with van der Waals surface area (Å²) in [6, 6.07) is 8.26. The van der Waals surface area contributed by atoms with Crippen LogP contribution in [0.1, 0.15) is 17.5 Å². The number of hydrogen-bond acceptors (Lipinski definition) is 4. The van der Waals surface area contributed by atoms with Crippen LogP contribution >= 0.6 is 0 Å². The summed E-state index contributed by atoms with van der Waals surface area (Å²) in [6.07, 6.45) is 3.73. The van der Waals surface area contributed by atoms with Gasteiger partial charge in [0.15, 0.2) is 0 Å². The van der Waals surface area contributed by atoms with Gasteiger partial charge in [-0.25, -0.2) is 13.1 Å². The number of aryl methyl sites for hydroxylation is 1. The lowest BCUT2D eigenvalue weighted by atomic mass is 10.1. The summed E-state index contributed by atoms with van der Waals surface area (Å²) in [5.41, 5.74) is 4.44. The maximum Gasteiger partial charge on any atom is 0.208 e. The largest absolute Gasteiger partial charge is 0.312 e. The van der Waals surface area contributed by atoms with Crippen molar-refractivity contribution in [3.05, 3.63) is 41.6 Å². The monoisotopic (exact) mass is 322 g/mol. The van der Waals surface area contributed by atoms with E-state index in [2.05, 4.69) is 45.4 Å². The lowest BCUT2D eigenvalue weighted by Crippen LogP contribution is -2.26. The van der Waals surface area contributed by atoms with Gasteiger partial charge in [0.05, 0.1) is 18.1 Å². The number of hydrogen-bond donors (Lipinski definition) is 3. The fourth-order valence-corrected chi connectivity index (χ4v) is 2.70. The van der Waals surface area contributed by atoms with Crippen LogP contribution < -0.4 is 10.0 Å². The number of nitrogens with one attached hydrogen (secondary N) is 3. The molecule has 0 unspecified atom stereocenters. The molecule has 0 bridgehead atoms. The van der Waals surface area contributed by atoms with Crippen molar-refractivity contribution in [3.63, 3.8) is 0 Å². The van der Waals surface area contributed by atoms with Crippen LogP contribution in [0.25, 0.3) is 11.3 Å². The molecule has 1 aromatic carbocycles. The summed E-state index contributed by atoms with van der Waals surface area (Å²) in [6.45, 7) is 3.94. The van der Waals surface area contributed by atoms with E-state index < -0.39 is 10.0 Å². The van der Waals surface area contributed by atoms with Gasteiger partial charge in [-0.05, 0) is 26.0 Å². The number of aromatic amines is 1. The van der Waals surface area contributed by atoms with E-state index in [0.29, 0.717) is 13.1 Å². The third-order valence-corrected chi connectivity index (χ3v) is 3.96. The minimum Gasteiger partial charge on any atom is -0.312 e. The average molecular weight is 322 g/mol. The van der Waals surface area contributed by atoms with E-state index in [1.54, 1.807) is 0 Å². The first-order valence-corrected chi connectivity index (χ1v) is 9.09. The molecule has 7 heteroatoms. The van der Waals surface area contributed by atoms with E-state index in [1.165, 1.54) is 11.8 Å². The van der Waals surface area contributed by atoms with Gasteiger partial charge in [-0.3, -0.25) is 5.10 Å². The Labute approximate surface area is 131 Å². The SMILES string of the molecule is Cc1cccc(-c2[nH]ncc2CNCCCNS(C)(=O)=O)c1. The van der Waals surface area contributed by atoms with Crippen LogP contribution in [0.2, 0.25) is 0 Å². The molecular weight excluding hydrogens is 300 g/mol. The highest BCUT2D eigenvalue weighted by atomic mass is 32.2. The first-order chi connectivity index (χ1) is 10.5. The zero-order valence-corrected chi connectivity index (χ0v) is 13.7. The lowest BCUT2D eigenvalue weighted by molar-refractivity contribution is 0.579. The molecule has 0 aliphatic carbocycles. The van der Waals surface area contributed by atoms with Crippen LogP contribution in [0.15, 0.2) is 30.5 Å². The fraction of sp³-hybridized carbons (Fsp3) is 0.400. The number of benzene rings is 1. The Bertz CT molecular complexity index is 710. The molecule has 22 heavy (non-hydrogen) atoms. The first kappa shape index (κ1) is 16.7. The molecule has 0 saturated carbocycles. The summed E-state index contributed by atoms with van der Waals surface area (Å²) in [7, 11) is -3.09. The Morgan fingerprint density at radius 2 is 2.09 bits per heavy atom. The summed E-state index contributed by atoms with van der Waals surface area (Å²) in [5, 5.41) is 10.5. The average Bonchev–Trinajstić information content (AvgIpc) is 2.90. The van der Waals surface area contributed by atoms with Gasteiger partial charge < -0.3 is 5.32 Å². The zero-order chi connectivity index (χ0) is 16.0. The van der Waals surface area contributed by atoms with Crippen molar-refractivity contribution >= 4 is 10.0 Å². The van der Waals surface area contributed by atoms with Gasteiger partial charge in [0.25, 0.3) is 0 Å². The van der Waals surface area contributed by atoms with E-state index in [-0.39, 0.29) is 0 Å². The van der Waals surface area contributed by atoms with Crippen molar-refractivity contribution in [2.24, 2.45) is 0 Å². The molecule has 2 aromatic rings. The lowest BCUT2D eigenvalue weighted by Gasteiger charge is -2.07. The van der Waals surface area contributed by atoms with E-state index in [9.17, 15) is 8.42 Å². The van der Waals surface area contributed by atoms with Crippen LogP contribution in [0, 0.1) is 6.92 Å². The number of H-pyrrole nitrogens is 1. The third kappa shape index (κ3) is 5.25. The number of aromatic nitrogens is 2. The smallest absolute Gasteiger partial charge is 0.208 e. The van der Waals surface area contributed by atoms with Crippen molar-refractivity contribution in [3.8, 4) is 11.3 Å². The van der Waals surface area contributed by atoms with Gasteiger partial charge >= 0.3 is 0 Å². The van der Waals surface area contributed by atoms with Gasteiger partial charge in [0.1, 0.15) is 0 Å². The number of rotatable bonds is 8. The Hall–Kier alpha value is -1.70. The molecule has 6 nitrogen and oxygen atoms in total. The van der Waals surface area contributed by atoms with Crippen molar-refractivity contribution < 1.29 is 8.42 Å². The molecule has 1 aromatic heterocycles. The fourth-order valence-electron chi connectivity index (χ4n) is 2.19. The van der Waals surface area contributed by atoms with Crippen LogP contribution in [0.5, 0.6) is 0 Å². The van der Waals surface area contributed by atoms with Crippen LogP contribution in [-0.4, -0.2) is 38.0 Å². The van der Waals surface area contributed by atoms with Crippen LogP contribution in [0.4, 0.5) is 0 Å². The van der Waals surface area contributed by atoms with Crippen molar-refractivity contribution in [2.75, 3.05) is 19.3 Å². The van der Waals surface area contributed by atoms with Crippen molar-refractivity contribution in [2.45, 2.75) is 19.9 Å². The standard InChI is InChI=1S/C15H22N4O2S/c1-12-5-3-6-13(9-12)15-14(11-17-19-15)10-16-7-4-8-18-22(2,20)21/h3,5-6,9,11,16,18H,4,7-8,10H2,1-2H3,(H,17,19). The maximum absolute atomic E-state index is 10.9. The number of nitrogens with zero attached hydrogens (tertiary/aromatic N) is 1. The molecule has 0 aliphatic heterocycles. The normalized spacial score (nSPS) is 11.7. The molecule has 0 amide bonds. The van der Waals surface area contributed by atoms with E-state index >= 15 is 0 Å². The molecule has 3 N–H and O–H groups in total. The minimum absolute atomic E-state index is 0.446. The zero-order valence-electron chi connectivity index (χ0n) is 12.9. The predicted octanol–water partition coefficient (Wildman–Crippen LogP) is 1.41. The second kappa shape index (κ2) is 7.53. The Morgan fingerprint density at radius 3 is 2.82 bits per heavy atom. The topological polar surface area (TPSA) is 86.9 Å². The molecule has 0 radical (unpaired) electrons. The van der Waals surface area contributed by atoms with E-state index in [0.717, 1.165) is 29.8 Å². The Kier molecular flexibility index (Phi) is 5.70. The molecule has 120 valence electrons. The Morgan fingerprint density at radius 1 is 1.27 bits per heavy atom. The molecule has 0 fully saturated rings. The molecule has 0 aliphatic rings. The van der Waals surface area contributed by atoms with Gasteiger partial charge in [0, 0.05) is 24.2 Å². The van der Waals surface area contributed by atoms with Crippen LogP contribution in [-0.2, 0) is 16.6 Å². The van der Waals surface area contributed by atoms with Gasteiger partial charge in [0.2, 0.25) is 10.0 Å². The molecule has 1 heterocycles. The van der Waals surface area contributed by atoms with Crippen molar-refractivity contribution in [1.29, 1.82) is 0 Å². The molecule has 2 rings (SSSR count). The highest BCUT2D eigenvalue weighted by Gasteiger charge is 2.07. The van der Waals surface area contributed by atoms with E-state index in [1.807, 2.05) is 12.3 Å². The number of sulfonamides is 1. The van der Waals surface area contributed by atoms with Gasteiger partial charge in [-0.2, -0.15) is 5.10 Å². The quantitative estimate of drug-likeness (QED) is 0.641.